The molecule has 0 aliphatic carbocycles. The van der Waals surface area contributed by atoms with E-state index in [1.54, 1.807) is 7.05 Å². The van der Waals surface area contributed by atoms with Crippen LogP contribution in [-0.4, -0.2) is 51.1 Å². The molecule has 3 N–H and O–H groups in total. The van der Waals surface area contributed by atoms with Gasteiger partial charge in [0.15, 0.2) is 5.96 Å². The number of amides is 1. The fraction of sp³-hybridized carbons (Fsp3) is 0.600. The summed E-state index contributed by atoms with van der Waals surface area (Å²) in [6.45, 7) is 9.22. The monoisotopic (exact) mass is 359 g/mol. The highest BCUT2D eigenvalue weighted by Crippen LogP contribution is 2.20. The molecular formula is C20H33N5O. The highest BCUT2D eigenvalue weighted by atomic mass is 16.1. The zero-order chi connectivity index (χ0) is 18.9. The summed E-state index contributed by atoms with van der Waals surface area (Å²) in [6.07, 6.45) is 2.29. The van der Waals surface area contributed by atoms with Crippen LogP contribution in [0.25, 0.3) is 0 Å². The minimum absolute atomic E-state index is 0.0161. The van der Waals surface area contributed by atoms with Gasteiger partial charge in [0.2, 0.25) is 5.91 Å². The summed E-state index contributed by atoms with van der Waals surface area (Å²) in [7, 11) is 1.78. The van der Waals surface area contributed by atoms with E-state index in [-0.39, 0.29) is 11.8 Å². The van der Waals surface area contributed by atoms with E-state index in [2.05, 4.69) is 57.0 Å². The molecule has 1 heterocycles. The quantitative estimate of drug-likeness (QED) is 0.412. The standard InChI is InChI=1S/C20H33N5O/c1-15(2)19(26)22-11-12-23-20(21-4)24-17-6-5-13-25(14-17)18-9-7-16(3)8-10-18/h7-10,15,17H,5-6,11-14H2,1-4H3,(H,22,26)(H2,21,23,24). The van der Waals surface area contributed by atoms with Crippen LogP contribution < -0.4 is 20.9 Å². The van der Waals surface area contributed by atoms with Gasteiger partial charge >= 0.3 is 0 Å². The molecule has 1 aliphatic rings. The maximum absolute atomic E-state index is 11.6. The van der Waals surface area contributed by atoms with Gasteiger partial charge in [-0.15, -0.1) is 0 Å². The van der Waals surface area contributed by atoms with Crippen molar-refractivity contribution in [1.29, 1.82) is 0 Å². The van der Waals surface area contributed by atoms with Crippen LogP contribution in [0.1, 0.15) is 32.3 Å². The fourth-order valence-corrected chi connectivity index (χ4v) is 3.04. The van der Waals surface area contributed by atoms with Crippen LogP contribution in [0.2, 0.25) is 0 Å². The number of anilines is 1. The van der Waals surface area contributed by atoms with E-state index in [4.69, 9.17) is 0 Å². The first kappa shape index (κ1) is 20.1. The number of nitrogens with zero attached hydrogens (tertiary/aromatic N) is 2. The summed E-state index contributed by atoms with van der Waals surface area (Å²) < 4.78 is 0. The van der Waals surface area contributed by atoms with Gasteiger partial charge in [0.1, 0.15) is 0 Å². The zero-order valence-corrected chi connectivity index (χ0v) is 16.5. The van der Waals surface area contributed by atoms with Crippen molar-refractivity contribution in [2.45, 2.75) is 39.7 Å². The number of piperidine rings is 1. The molecule has 1 saturated heterocycles. The van der Waals surface area contributed by atoms with Crippen molar-refractivity contribution >= 4 is 17.6 Å². The Balaban J connectivity index is 1.78. The number of hydrogen-bond donors (Lipinski definition) is 3. The van der Waals surface area contributed by atoms with Crippen LogP contribution in [0.5, 0.6) is 0 Å². The van der Waals surface area contributed by atoms with E-state index in [0.29, 0.717) is 19.1 Å². The third kappa shape index (κ3) is 6.24. The number of nitrogens with one attached hydrogen (secondary N) is 3. The number of benzene rings is 1. The first-order valence-electron chi connectivity index (χ1n) is 9.56. The molecule has 2 rings (SSSR count). The van der Waals surface area contributed by atoms with E-state index >= 15 is 0 Å². The third-order valence-corrected chi connectivity index (χ3v) is 4.63. The lowest BCUT2D eigenvalue weighted by Crippen LogP contribution is -2.52. The lowest BCUT2D eigenvalue weighted by atomic mass is 10.0. The van der Waals surface area contributed by atoms with Crippen LogP contribution in [0.15, 0.2) is 29.3 Å². The van der Waals surface area contributed by atoms with E-state index in [9.17, 15) is 4.79 Å². The van der Waals surface area contributed by atoms with E-state index in [0.717, 1.165) is 31.9 Å². The maximum Gasteiger partial charge on any atom is 0.222 e. The summed E-state index contributed by atoms with van der Waals surface area (Å²) in [4.78, 5) is 18.3. The molecule has 0 spiro atoms. The van der Waals surface area contributed by atoms with Gasteiger partial charge in [-0.3, -0.25) is 9.79 Å². The molecule has 0 bridgehead atoms. The third-order valence-electron chi connectivity index (χ3n) is 4.63. The Bertz CT molecular complexity index is 597. The molecule has 26 heavy (non-hydrogen) atoms. The molecular weight excluding hydrogens is 326 g/mol. The van der Waals surface area contributed by atoms with Gasteiger partial charge in [0.25, 0.3) is 0 Å². The van der Waals surface area contributed by atoms with Crippen LogP contribution >= 0.6 is 0 Å². The zero-order valence-electron chi connectivity index (χ0n) is 16.5. The number of carbonyl (C=O) groups is 1. The summed E-state index contributed by atoms with van der Waals surface area (Å²) in [5.74, 6) is 0.887. The van der Waals surface area contributed by atoms with Crippen molar-refractivity contribution in [3.63, 3.8) is 0 Å². The Labute approximate surface area is 157 Å². The number of aliphatic imine (C=N–C) groups is 1. The molecule has 1 unspecified atom stereocenters. The first-order valence-corrected chi connectivity index (χ1v) is 9.56. The number of rotatable bonds is 6. The number of aryl methyl sites for hydroxylation is 1. The Morgan fingerprint density at radius 3 is 2.58 bits per heavy atom. The maximum atomic E-state index is 11.6. The lowest BCUT2D eigenvalue weighted by Gasteiger charge is -2.35. The summed E-state index contributed by atoms with van der Waals surface area (Å²) >= 11 is 0. The minimum atomic E-state index is 0.0161. The van der Waals surface area contributed by atoms with Gasteiger partial charge in [0, 0.05) is 50.9 Å². The van der Waals surface area contributed by atoms with Crippen LogP contribution in [0.4, 0.5) is 5.69 Å². The van der Waals surface area contributed by atoms with Crippen LogP contribution in [-0.2, 0) is 4.79 Å². The predicted octanol–water partition coefficient (Wildman–Crippen LogP) is 1.90. The first-order chi connectivity index (χ1) is 12.5. The topological polar surface area (TPSA) is 68.8 Å². The summed E-state index contributed by atoms with van der Waals surface area (Å²) in [6, 6.07) is 9.09. The molecule has 6 nitrogen and oxygen atoms in total. The second kappa shape index (κ2) is 10.0. The average Bonchev–Trinajstić information content (AvgIpc) is 2.64. The normalized spacial score (nSPS) is 18.0. The largest absolute Gasteiger partial charge is 0.369 e. The fourth-order valence-electron chi connectivity index (χ4n) is 3.04. The highest BCUT2D eigenvalue weighted by molar-refractivity contribution is 5.80. The van der Waals surface area contributed by atoms with Gasteiger partial charge in [-0.25, -0.2) is 0 Å². The summed E-state index contributed by atoms with van der Waals surface area (Å²) in [5, 5.41) is 9.70. The number of hydrogen-bond acceptors (Lipinski definition) is 3. The van der Waals surface area contributed by atoms with Gasteiger partial charge in [-0.2, -0.15) is 0 Å². The molecule has 144 valence electrons. The molecule has 6 heteroatoms. The van der Waals surface area contributed by atoms with Gasteiger partial charge in [-0.05, 0) is 31.9 Å². The van der Waals surface area contributed by atoms with Crippen molar-refractivity contribution in [2.75, 3.05) is 38.1 Å². The van der Waals surface area contributed by atoms with Crippen molar-refractivity contribution in [3.05, 3.63) is 29.8 Å². The Morgan fingerprint density at radius 2 is 1.92 bits per heavy atom. The Morgan fingerprint density at radius 1 is 1.23 bits per heavy atom. The number of carbonyl (C=O) groups excluding carboxylic acids is 1. The molecule has 1 fully saturated rings. The Hall–Kier alpha value is -2.24. The van der Waals surface area contributed by atoms with Crippen LogP contribution in [0, 0.1) is 12.8 Å². The van der Waals surface area contributed by atoms with Gasteiger partial charge in [0.05, 0.1) is 0 Å². The molecule has 1 aromatic carbocycles. The van der Waals surface area contributed by atoms with Crippen molar-refractivity contribution < 1.29 is 4.79 Å². The average molecular weight is 360 g/mol. The molecule has 1 aromatic rings. The highest BCUT2D eigenvalue weighted by Gasteiger charge is 2.20. The van der Waals surface area contributed by atoms with Crippen LogP contribution in [0.3, 0.4) is 0 Å². The molecule has 1 aliphatic heterocycles. The molecule has 0 radical (unpaired) electrons. The van der Waals surface area contributed by atoms with E-state index < -0.39 is 0 Å². The molecule has 1 atom stereocenters. The molecule has 0 aromatic heterocycles. The van der Waals surface area contributed by atoms with Gasteiger partial charge in [-0.1, -0.05) is 31.5 Å². The Kier molecular flexibility index (Phi) is 7.75. The van der Waals surface area contributed by atoms with E-state index in [1.165, 1.54) is 11.3 Å². The molecule has 0 saturated carbocycles. The SMILES string of the molecule is CN=C(NCCNC(=O)C(C)C)NC1CCCN(c2ccc(C)cc2)C1. The molecule has 1 amide bonds. The second-order valence-corrected chi connectivity index (χ2v) is 7.21. The lowest BCUT2D eigenvalue weighted by molar-refractivity contribution is -0.123. The van der Waals surface area contributed by atoms with E-state index in [1.807, 2.05) is 13.8 Å². The smallest absolute Gasteiger partial charge is 0.222 e. The summed E-state index contributed by atoms with van der Waals surface area (Å²) in [5.41, 5.74) is 2.57. The van der Waals surface area contributed by atoms with Crippen molar-refractivity contribution in [1.82, 2.24) is 16.0 Å². The van der Waals surface area contributed by atoms with Crippen molar-refractivity contribution in [2.24, 2.45) is 10.9 Å². The van der Waals surface area contributed by atoms with Gasteiger partial charge < -0.3 is 20.9 Å². The van der Waals surface area contributed by atoms with Crippen molar-refractivity contribution in [3.8, 4) is 0 Å². The number of guanidine groups is 1. The minimum Gasteiger partial charge on any atom is -0.369 e. The second-order valence-electron chi connectivity index (χ2n) is 7.21. The predicted molar refractivity (Wildman–Crippen MR) is 109 cm³/mol.